The molecular formula is C13H28. The van der Waals surface area contributed by atoms with E-state index in [1.807, 2.05) is 0 Å². The van der Waals surface area contributed by atoms with Gasteiger partial charge in [0, 0.05) is 0 Å². The fourth-order valence-electron chi connectivity index (χ4n) is 2.17. The predicted octanol–water partition coefficient (Wildman–Crippen LogP) is 4.89. The minimum absolute atomic E-state index is 0.551. The lowest BCUT2D eigenvalue weighted by Gasteiger charge is -2.39. The van der Waals surface area contributed by atoms with Crippen LogP contribution >= 0.6 is 0 Å². The molecule has 0 N–H and O–H groups in total. The molecule has 2 atom stereocenters. The van der Waals surface area contributed by atoms with E-state index in [4.69, 9.17) is 0 Å². The monoisotopic (exact) mass is 184 g/mol. The van der Waals surface area contributed by atoms with Gasteiger partial charge in [-0.3, -0.25) is 0 Å². The molecule has 0 aromatic heterocycles. The molecule has 2 unspecified atom stereocenters. The Morgan fingerprint density at radius 3 is 1.92 bits per heavy atom. The highest BCUT2D eigenvalue weighted by atomic mass is 14.4. The molecule has 0 aliphatic rings. The Hall–Kier alpha value is 0. The van der Waals surface area contributed by atoms with E-state index in [1.165, 1.54) is 25.7 Å². The van der Waals surface area contributed by atoms with Gasteiger partial charge in [-0.25, -0.2) is 0 Å². The van der Waals surface area contributed by atoms with Gasteiger partial charge < -0.3 is 0 Å². The van der Waals surface area contributed by atoms with Crippen molar-refractivity contribution in [2.24, 2.45) is 17.3 Å². The number of rotatable bonds is 6. The van der Waals surface area contributed by atoms with E-state index in [1.54, 1.807) is 0 Å². The highest BCUT2D eigenvalue weighted by Crippen LogP contribution is 2.40. The molecule has 0 saturated carbocycles. The summed E-state index contributed by atoms with van der Waals surface area (Å²) >= 11 is 0. The second-order valence-corrected chi connectivity index (χ2v) is 5.06. The first-order valence-electron chi connectivity index (χ1n) is 5.99. The summed E-state index contributed by atoms with van der Waals surface area (Å²) in [6.45, 7) is 14.2. The van der Waals surface area contributed by atoms with Crippen molar-refractivity contribution in [3.8, 4) is 0 Å². The summed E-state index contributed by atoms with van der Waals surface area (Å²) in [4.78, 5) is 0. The second kappa shape index (κ2) is 5.67. The van der Waals surface area contributed by atoms with Crippen LogP contribution in [0.3, 0.4) is 0 Å². The summed E-state index contributed by atoms with van der Waals surface area (Å²) < 4.78 is 0. The van der Waals surface area contributed by atoms with Gasteiger partial charge in [-0.1, -0.05) is 67.2 Å². The fraction of sp³-hybridized carbons (Fsp3) is 1.00. The van der Waals surface area contributed by atoms with Crippen molar-refractivity contribution in [1.29, 1.82) is 0 Å². The largest absolute Gasteiger partial charge is 0.0654 e. The van der Waals surface area contributed by atoms with Crippen LogP contribution in [0.25, 0.3) is 0 Å². The molecule has 0 radical (unpaired) electrons. The summed E-state index contributed by atoms with van der Waals surface area (Å²) in [6, 6.07) is 0. The van der Waals surface area contributed by atoms with E-state index in [0.29, 0.717) is 5.41 Å². The van der Waals surface area contributed by atoms with Gasteiger partial charge in [-0.05, 0) is 17.3 Å². The first-order chi connectivity index (χ1) is 5.99. The molecule has 0 rings (SSSR count). The van der Waals surface area contributed by atoms with Gasteiger partial charge in [0.2, 0.25) is 0 Å². The molecule has 0 heteroatoms. The van der Waals surface area contributed by atoms with Crippen LogP contribution in [0.2, 0.25) is 0 Å². The van der Waals surface area contributed by atoms with Crippen LogP contribution in [0.1, 0.15) is 67.2 Å². The average molecular weight is 184 g/mol. The minimum Gasteiger partial charge on any atom is -0.0654 e. The van der Waals surface area contributed by atoms with Crippen LogP contribution in [-0.4, -0.2) is 0 Å². The third-order valence-corrected chi connectivity index (χ3v) is 4.20. The highest BCUT2D eigenvalue weighted by molar-refractivity contribution is 4.81. The third kappa shape index (κ3) is 3.32. The van der Waals surface area contributed by atoms with Crippen molar-refractivity contribution in [3.05, 3.63) is 0 Å². The first kappa shape index (κ1) is 13.0. The van der Waals surface area contributed by atoms with Crippen molar-refractivity contribution in [2.75, 3.05) is 0 Å². The summed E-state index contributed by atoms with van der Waals surface area (Å²) in [5.41, 5.74) is 0.551. The average Bonchev–Trinajstić information content (AvgIpc) is 2.12. The van der Waals surface area contributed by atoms with Gasteiger partial charge in [0.25, 0.3) is 0 Å². The molecule has 0 aromatic carbocycles. The molecule has 0 nitrogen and oxygen atoms in total. The van der Waals surface area contributed by atoms with Crippen LogP contribution < -0.4 is 0 Å². The Morgan fingerprint density at radius 1 is 1.08 bits per heavy atom. The Morgan fingerprint density at radius 2 is 1.62 bits per heavy atom. The number of unbranched alkanes of at least 4 members (excludes halogenated alkanes) is 1. The standard InChI is InChI=1S/C13H28/c1-7-9-10-12(5)13(6,8-2)11(3)4/h11-12H,7-10H2,1-6H3. The third-order valence-electron chi connectivity index (χ3n) is 4.20. The van der Waals surface area contributed by atoms with E-state index in [2.05, 4.69) is 41.5 Å². The zero-order chi connectivity index (χ0) is 10.5. The van der Waals surface area contributed by atoms with E-state index < -0.39 is 0 Å². The molecule has 0 saturated heterocycles. The number of hydrogen-bond donors (Lipinski definition) is 0. The molecule has 0 fully saturated rings. The van der Waals surface area contributed by atoms with E-state index in [0.717, 1.165) is 11.8 Å². The molecule has 13 heavy (non-hydrogen) atoms. The Balaban J connectivity index is 4.20. The summed E-state index contributed by atoms with van der Waals surface area (Å²) in [5, 5.41) is 0. The Bertz CT molecular complexity index is 126. The number of hydrogen-bond acceptors (Lipinski definition) is 0. The highest BCUT2D eigenvalue weighted by Gasteiger charge is 2.31. The van der Waals surface area contributed by atoms with Crippen LogP contribution in [0.15, 0.2) is 0 Å². The predicted molar refractivity (Wildman–Crippen MR) is 61.9 cm³/mol. The normalized spacial score (nSPS) is 18.7. The smallest absolute Gasteiger partial charge is 0.0280 e. The molecule has 0 heterocycles. The van der Waals surface area contributed by atoms with Crippen molar-refractivity contribution >= 4 is 0 Å². The van der Waals surface area contributed by atoms with Crippen LogP contribution in [0.5, 0.6) is 0 Å². The Kier molecular flexibility index (Phi) is 5.67. The van der Waals surface area contributed by atoms with Gasteiger partial charge in [-0.15, -0.1) is 0 Å². The van der Waals surface area contributed by atoms with Gasteiger partial charge >= 0.3 is 0 Å². The van der Waals surface area contributed by atoms with Gasteiger partial charge in [-0.2, -0.15) is 0 Å². The zero-order valence-electron chi connectivity index (χ0n) is 10.5. The molecule has 80 valence electrons. The summed E-state index contributed by atoms with van der Waals surface area (Å²) in [6.07, 6.45) is 5.44. The molecule has 0 bridgehead atoms. The Labute approximate surface area is 85.1 Å². The summed E-state index contributed by atoms with van der Waals surface area (Å²) in [7, 11) is 0. The van der Waals surface area contributed by atoms with Crippen molar-refractivity contribution in [2.45, 2.75) is 67.2 Å². The fourth-order valence-corrected chi connectivity index (χ4v) is 2.17. The minimum atomic E-state index is 0.551. The quantitative estimate of drug-likeness (QED) is 0.551. The maximum atomic E-state index is 2.46. The lowest BCUT2D eigenvalue weighted by molar-refractivity contribution is 0.110. The van der Waals surface area contributed by atoms with Gasteiger partial charge in [0.05, 0.1) is 0 Å². The molecule has 0 aromatic rings. The SMILES string of the molecule is CCCCC(C)C(C)(CC)C(C)C. The van der Waals surface area contributed by atoms with Crippen molar-refractivity contribution in [1.82, 2.24) is 0 Å². The van der Waals surface area contributed by atoms with E-state index in [-0.39, 0.29) is 0 Å². The molecular weight excluding hydrogens is 156 g/mol. The molecule has 0 amide bonds. The van der Waals surface area contributed by atoms with Crippen molar-refractivity contribution in [3.63, 3.8) is 0 Å². The van der Waals surface area contributed by atoms with E-state index in [9.17, 15) is 0 Å². The lowest BCUT2D eigenvalue weighted by atomic mass is 9.66. The second-order valence-electron chi connectivity index (χ2n) is 5.06. The maximum Gasteiger partial charge on any atom is -0.0280 e. The van der Waals surface area contributed by atoms with Crippen LogP contribution in [0, 0.1) is 17.3 Å². The van der Waals surface area contributed by atoms with Gasteiger partial charge in [0.15, 0.2) is 0 Å². The maximum absolute atomic E-state index is 2.46. The summed E-state index contributed by atoms with van der Waals surface area (Å²) in [5.74, 6) is 1.68. The molecule has 0 aliphatic heterocycles. The van der Waals surface area contributed by atoms with Gasteiger partial charge in [0.1, 0.15) is 0 Å². The van der Waals surface area contributed by atoms with E-state index >= 15 is 0 Å². The first-order valence-corrected chi connectivity index (χ1v) is 5.99. The zero-order valence-corrected chi connectivity index (χ0v) is 10.5. The molecule has 0 spiro atoms. The molecule has 0 aliphatic carbocycles. The topological polar surface area (TPSA) is 0 Å². The van der Waals surface area contributed by atoms with Crippen molar-refractivity contribution < 1.29 is 0 Å². The van der Waals surface area contributed by atoms with Crippen LogP contribution in [-0.2, 0) is 0 Å². The lowest BCUT2D eigenvalue weighted by Crippen LogP contribution is -2.30. The van der Waals surface area contributed by atoms with Crippen LogP contribution in [0.4, 0.5) is 0 Å².